The van der Waals surface area contributed by atoms with Crippen molar-refractivity contribution >= 4 is 5.91 Å². The van der Waals surface area contributed by atoms with Crippen molar-refractivity contribution in [1.29, 1.82) is 0 Å². The maximum atomic E-state index is 12.1. The Morgan fingerprint density at radius 2 is 2.12 bits per heavy atom. The summed E-state index contributed by atoms with van der Waals surface area (Å²) in [4.78, 5) is 12.1. The molecular formula is C16H17N5O3. The van der Waals surface area contributed by atoms with Crippen LogP contribution in [0.2, 0.25) is 0 Å². The number of aliphatic hydroxyl groups excluding tert-OH is 1. The molecule has 1 amide bonds. The second kappa shape index (κ2) is 7.51. The Bertz CT molecular complexity index is 797. The Hall–Kier alpha value is -3.00. The topological polar surface area (TPSA) is 106 Å². The number of carbonyl (C=O) groups excluding carboxylic acids is 1. The predicted octanol–water partition coefficient (Wildman–Crippen LogP) is 1.25. The molecule has 0 aliphatic heterocycles. The Labute approximate surface area is 138 Å². The van der Waals surface area contributed by atoms with Crippen LogP contribution < -0.4 is 5.32 Å². The fourth-order valence-electron chi connectivity index (χ4n) is 2.23. The smallest absolute Gasteiger partial charge is 0.273 e. The van der Waals surface area contributed by atoms with Crippen LogP contribution in [0.4, 0.5) is 0 Å². The molecule has 0 unspecified atom stereocenters. The van der Waals surface area contributed by atoms with Gasteiger partial charge in [-0.3, -0.25) is 4.79 Å². The molecule has 0 spiro atoms. The zero-order chi connectivity index (χ0) is 16.8. The van der Waals surface area contributed by atoms with Gasteiger partial charge in [0.05, 0.1) is 18.5 Å². The molecule has 8 heteroatoms. The van der Waals surface area contributed by atoms with Gasteiger partial charge < -0.3 is 14.9 Å². The number of aryl methyl sites for hydroxylation is 1. The molecule has 8 nitrogen and oxygen atoms in total. The average Bonchev–Trinajstić information content (AvgIpc) is 3.28. The van der Waals surface area contributed by atoms with E-state index in [2.05, 4.69) is 20.8 Å². The van der Waals surface area contributed by atoms with Gasteiger partial charge in [-0.25, -0.2) is 4.68 Å². The highest BCUT2D eigenvalue weighted by Crippen LogP contribution is 2.19. The lowest BCUT2D eigenvalue weighted by Crippen LogP contribution is -2.25. The summed E-state index contributed by atoms with van der Waals surface area (Å²) in [6.07, 6.45) is 2.17. The van der Waals surface area contributed by atoms with Crippen molar-refractivity contribution in [2.24, 2.45) is 0 Å². The van der Waals surface area contributed by atoms with Crippen LogP contribution in [-0.2, 0) is 13.2 Å². The lowest BCUT2D eigenvalue weighted by Gasteiger charge is -2.05. The quantitative estimate of drug-likeness (QED) is 0.633. The maximum absolute atomic E-state index is 12.1. The molecule has 2 heterocycles. The molecule has 124 valence electrons. The number of carbonyl (C=O) groups is 1. The van der Waals surface area contributed by atoms with Crippen LogP contribution in [0.3, 0.4) is 0 Å². The van der Waals surface area contributed by atoms with Crippen molar-refractivity contribution in [2.75, 3.05) is 6.54 Å². The SMILES string of the molecule is O=C(NCCCn1nncc1CO)c1cc(-c2ccccc2)on1. The number of aliphatic hydroxyl groups is 1. The fraction of sp³-hybridized carbons (Fsp3) is 0.250. The van der Waals surface area contributed by atoms with E-state index in [4.69, 9.17) is 9.63 Å². The summed E-state index contributed by atoms with van der Waals surface area (Å²) in [5.74, 6) is 0.262. The number of hydrogen-bond donors (Lipinski definition) is 2. The first-order chi connectivity index (χ1) is 11.8. The van der Waals surface area contributed by atoms with E-state index in [9.17, 15) is 4.79 Å². The number of nitrogens with zero attached hydrogens (tertiary/aromatic N) is 4. The van der Waals surface area contributed by atoms with Crippen molar-refractivity contribution < 1.29 is 14.4 Å². The molecule has 0 bridgehead atoms. The minimum atomic E-state index is -0.290. The predicted molar refractivity (Wildman–Crippen MR) is 84.8 cm³/mol. The Morgan fingerprint density at radius 1 is 1.29 bits per heavy atom. The minimum Gasteiger partial charge on any atom is -0.390 e. The molecular weight excluding hydrogens is 310 g/mol. The highest BCUT2D eigenvalue weighted by atomic mass is 16.5. The third-order valence-corrected chi connectivity index (χ3v) is 3.49. The summed E-state index contributed by atoms with van der Waals surface area (Å²) in [6, 6.07) is 11.1. The Kier molecular flexibility index (Phi) is 4.97. The Morgan fingerprint density at radius 3 is 2.92 bits per heavy atom. The van der Waals surface area contributed by atoms with E-state index in [0.717, 1.165) is 5.56 Å². The van der Waals surface area contributed by atoms with E-state index in [1.54, 1.807) is 10.7 Å². The number of aromatic nitrogens is 4. The van der Waals surface area contributed by atoms with Crippen molar-refractivity contribution in [3.8, 4) is 11.3 Å². The summed E-state index contributed by atoms with van der Waals surface area (Å²) in [7, 11) is 0. The molecule has 2 aromatic heterocycles. The van der Waals surface area contributed by atoms with Crippen LogP contribution in [-0.4, -0.2) is 37.7 Å². The molecule has 0 fully saturated rings. The van der Waals surface area contributed by atoms with Crippen molar-refractivity contribution in [1.82, 2.24) is 25.5 Å². The lowest BCUT2D eigenvalue weighted by atomic mass is 10.1. The summed E-state index contributed by atoms with van der Waals surface area (Å²) in [6.45, 7) is 0.905. The van der Waals surface area contributed by atoms with E-state index < -0.39 is 0 Å². The van der Waals surface area contributed by atoms with Gasteiger partial charge >= 0.3 is 0 Å². The molecule has 3 aromatic rings. The third-order valence-electron chi connectivity index (χ3n) is 3.49. The first kappa shape index (κ1) is 15.9. The molecule has 0 aliphatic carbocycles. The van der Waals surface area contributed by atoms with Crippen molar-refractivity contribution in [2.45, 2.75) is 19.6 Å². The van der Waals surface area contributed by atoms with Gasteiger partial charge in [-0.05, 0) is 6.42 Å². The molecule has 24 heavy (non-hydrogen) atoms. The van der Waals surface area contributed by atoms with E-state index in [1.807, 2.05) is 30.3 Å². The van der Waals surface area contributed by atoms with Gasteiger partial charge in [-0.15, -0.1) is 5.10 Å². The van der Waals surface area contributed by atoms with Gasteiger partial charge in [0.15, 0.2) is 11.5 Å². The molecule has 0 radical (unpaired) electrons. The van der Waals surface area contributed by atoms with Crippen LogP contribution in [0.1, 0.15) is 22.6 Å². The van der Waals surface area contributed by atoms with Gasteiger partial charge in [0, 0.05) is 24.7 Å². The number of benzene rings is 1. The molecule has 3 rings (SSSR count). The van der Waals surface area contributed by atoms with Crippen LogP contribution in [0.15, 0.2) is 47.1 Å². The highest BCUT2D eigenvalue weighted by molar-refractivity contribution is 5.93. The first-order valence-electron chi connectivity index (χ1n) is 7.56. The summed E-state index contributed by atoms with van der Waals surface area (Å²) in [5, 5.41) is 23.3. The largest absolute Gasteiger partial charge is 0.390 e. The molecule has 0 atom stereocenters. The van der Waals surface area contributed by atoms with Gasteiger partial charge in [-0.1, -0.05) is 40.7 Å². The van der Waals surface area contributed by atoms with E-state index >= 15 is 0 Å². The zero-order valence-corrected chi connectivity index (χ0v) is 12.9. The normalized spacial score (nSPS) is 10.7. The second-order valence-corrected chi connectivity index (χ2v) is 5.16. The monoisotopic (exact) mass is 327 g/mol. The summed E-state index contributed by atoms with van der Waals surface area (Å²) >= 11 is 0. The number of hydrogen-bond acceptors (Lipinski definition) is 6. The summed E-state index contributed by atoms with van der Waals surface area (Å²) < 4.78 is 6.81. The first-order valence-corrected chi connectivity index (χ1v) is 7.56. The van der Waals surface area contributed by atoms with E-state index in [1.165, 1.54) is 6.20 Å². The van der Waals surface area contributed by atoms with Crippen LogP contribution >= 0.6 is 0 Å². The molecule has 1 aromatic carbocycles. The fourth-order valence-corrected chi connectivity index (χ4v) is 2.23. The van der Waals surface area contributed by atoms with Crippen molar-refractivity contribution in [3.63, 3.8) is 0 Å². The van der Waals surface area contributed by atoms with Crippen LogP contribution in [0.25, 0.3) is 11.3 Å². The van der Waals surface area contributed by atoms with E-state index in [-0.39, 0.29) is 18.2 Å². The second-order valence-electron chi connectivity index (χ2n) is 5.16. The molecule has 0 saturated carbocycles. The molecule has 0 saturated heterocycles. The number of rotatable bonds is 7. The number of nitrogens with one attached hydrogen (secondary N) is 1. The highest BCUT2D eigenvalue weighted by Gasteiger charge is 2.13. The standard InChI is InChI=1S/C16H17N5O3/c22-11-13-10-18-20-21(13)8-4-7-17-16(23)14-9-15(24-19-14)12-5-2-1-3-6-12/h1-3,5-6,9-10,22H,4,7-8,11H2,(H,17,23). The number of amides is 1. The zero-order valence-electron chi connectivity index (χ0n) is 12.9. The summed E-state index contributed by atoms with van der Waals surface area (Å²) in [5.41, 5.74) is 1.75. The minimum absolute atomic E-state index is 0.111. The lowest BCUT2D eigenvalue weighted by molar-refractivity contribution is 0.0943. The molecule has 0 aliphatic rings. The van der Waals surface area contributed by atoms with Gasteiger partial charge in [0.25, 0.3) is 5.91 Å². The average molecular weight is 327 g/mol. The maximum Gasteiger partial charge on any atom is 0.273 e. The van der Waals surface area contributed by atoms with E-state index in [0.29, 0.717) is 31.0 Å². The molecule has 2 N–H and O–H groups in total. The van der Waals surface area contributed by atoms with Gasteiger partial charge in [0.1, 0.15) is 0 Å². The Balaban J connectivity index is 1.50. The van der Waals surface area contributed by atoms with Gasteiger partial charge in [-0.2, -0.15) is 0 Å². The van der Waals surface area contributed by atoms with Gasteiger partial charge in [0.2, 0.25) is 0 Å². The third kappa shape index (κ3) is 3.66. The van der Waals surface area contributed by atoms with Crippen LogP contribution in [0.5, 0.6) is 0 Å². The van der Waals surface area contributed by atoms with Crippen LogP contribution in [0, 0.1) is 0 Å². The van der Waals surface area contributed by atoms with Crippen molar-refractivity contribution in [3.05, 3.63) is 54.0 Å².